The summed E-state index contributed by atoms with van der Waals surface area (Å²) in [6.07, 6.45) is 24.4. The molecule has 9 N–H and O–H groups in total. The third kappa shape index (κ3) is 24.5. The summed E-state index contributed by atoms with van der Waals surface area (Å²) in [5.74, 6) is -0.246. The van der Waals surface area contributed by atoms with Gasteiger partial charge < -0.3 is 65.1 Å². The number of aliphatic hydroxyl groups is 8. The van der Waals surface area contributed by atoms with Gasteiger partial charge in [-0.2, -0.15) is 0 Å². The highest BCUT2D eigenvalue weighted by molar-refractivity contribution is 5.76. The molecule has 14 heteroatoms. The van der Waals surface area contributed by atoms with Crippen LogP contribution in [0, 0.1) is 0 Å². The Hall–Kier alpha value is -1.53. The molecule has 0 bridgehead atoms. The van der Waals surface area contributed by atoms with Gasteiger partial charge in [-0.15, -0.1) is 0 Å². The first-order valence-corrected chi connectivity index (χ1v) is 25.6. The van der Waals surface area contributed by atoms with Crippen LogP contribution in [0.1, 0.15) is 194 Å². The Kier molecular flexibility index (Phi) is 34.3. The minimum Gasteiger partial charge on any atom is -0.394 e. The van der Waals surface area contributed by atoms with Gasteiger partial charge >= 0.3 is 0 Å². The van der Waals surface area contributed by atoms with Crippen LogP contribution in [0.25, 0.3) is 0 Å². The molecule has 64 heavy (non-hydrogen) atoms. The highest BCUT2D eigenvalue weighted by Gasteiger charge is 2.51. The Labute approximate surface area is 386 Å². The van der Waals surface area contributed by atoms with Crippen molar-refractivity contribution in [3.05, 3.63) is 24.3 Å². The van der Waals surface area contributed by atoms with Crippen molar-refractivity contribution in [1.29, 1.82) is 0 Å². The summed E-state index contributed by atoms with van der Waals surface area (Å²) in [6, 6.07) is -0.907. The standard InChI is InChI=1S/C50H93NO13/c1-3-5-7-9-10-11-12-13-14-15-16-17-18-19-20-21-22-23-24-25-26-27-28-30-32-34-42(55)51-38(39(54)33-31-29-8-6-4-2)37-61-49-47(60)45(58)48(41(36-53)63-49)64-50-46(59)44(57)43(56)40(35-52)62-50/h15-16,31,33,38-41,43-50,52-54,56-60H,3-14,17-30,32,34-37H2,1-2H3,(H,51,55)/b16-15-,33-31+. The molecule has 2 saturated heterocycles. The number of carbonyl (C=O) groups is 1. The van der Waals surface area contributed by atoms with Gasteiger partial charge in [-0.1, -0.05) is 167 Å². The number of carbonyl (C=O) groups excluding carboxylic acids is 1. The number of ether oxygens (including phenoxy) is 4. The molecule has 0 radical (unpaired) electrons. The van der Waals surface area contributed by atoms with E-state index in [1.54, 1.807) is 6.08 Å². The topological polar surface area (TPSA) is 228 Å². The maximum atomic E-state index is 13.1. The maximum absolute atomic E-state index is 13.1. The lowest BCUT2D eigenvalue weighted by Crippen LogP contribution is -2.65. The van der Waals surface area contributed by atoms with Gasteiger partial charge in [0.05, 0.1) is 32.0 Å². The Morgan fingerprint density at radius 2 is 0.984 bits per heavy atom. The molecule has 2 fully saturated rings. The van der Waals surface area contributed by atoms with E-state index in [2.05, 4.69) is 31.3 Å². The van der Waals surface area contributed by atoms with E-state index in [4.69, 9.17) is 18.9 Å². The molecule has 12 atom stereocenters. The molecule has 2 aliphatic heterocycles. The summed E-state index contributed by atoms with van der Waals surface area (Å²) >= 11 is 0. The number of aliphatic hydroxyl groups excluding tert-OH is 8. The van der Waals surface area contributed by atoms with E-state index in [1.807, 2.05) is 6.08 Å². The van der Waals surface area contributed by atoms with E-state index in [9.17, 15) is 45.6 Å². The minimum atomic E-state index is -1.78. The number of allylic oxidation sites excluding steroid dienone is 3. The zero-order chi connectivity index (χ0) is 46.8. The van der Waals surface area contributed by atoms with Crippen LogP contribution in [0.2, 0.25) is 0 Å². The third-order valence-electron chi connectivity index (χ3n) is 12.6. The van der Waals surface area contributed by atoms with Crippen LogP contribution in [0.3, 0.4) is 0 Å². The first-order valence-electron chi connectivity index (χ1n) is 25.6. The van der Waals surface area contributed by atoms with E-state index in [0.717, 1.165) is 44.9 Å². The Balaban J connectivity index is 1.65. The Morgan fingerprint density at radius 3 is 1.52 bits per heavy atom. The van der Waals surface area contributed by atoms with Crippen molar-refractivity contribution in [3.8, 4) is 0 Å². The van der Waals surface area contributed by atoms with E-state index < -0.39 is 86.8 Å². The number of hydrogen-bond acceptors (Lipinski definition) is 13. The van der Waals surface area contributed by atoms with Crippen molar-refractivity contribution in [2.75, 3.05) is 19.8 Å². The van der Waals surface area contributed by atoms with E-state index >= 15 is 0 Å². The van der Waals surface area contributed by atoms with Crippen LogP contribution in [0.4, 0.5) is 0 Å². The molecule has 0 aromatic heterocycles. The summed E-state index contributed by atoms with van der Waals surface area (Å²) in [7, 11) is 0. The van der Waals surface area contributed by atoms with Gasteiger partial charge in [0.25, 0.3) is 0 Å². The van der Waals surface area contributed by atoms with Crippen molar-refractivity contribution in [1.82, 2.24) is 5.32 Å². The largest absolute Gasteiger partial charge is 0.394 e. The van der Waals surface area contributed by atoms with Crippen molar-refractivity contribution in [2.24, 2.45) is 0 Å². The van der Waals surface area contributed by atoms with Crippen LogP contribution in [-0.2, 0) is 23.7 Å². The molecule has 0 saturated carbocycles. The molecule has 2 rings (SSSR count). The normalized spacial score (nSPS) is 27.4. The molecule has 2 heterocycles. The number of hydrogen-bond donors (Lipinski definition) is 9. The second-order valence-corrected chi connectivity index (χ2v) is 18.3. The lowest BCUT2D eigenvalue weighted by Gasteiger charge is -2.46. The average Bonchev–Trinajstić information content (AvgIpc) is 3.29. The SMILES string of the molecule is CCCCC/C=C/C(O)C(COC1OC(CO)C(OC2OC(CO)C(O)C(O)C2O)C(O)C1O)NC(=O)CCCCCCCCCCCCCCC/C=C\CCCCCCCCCC. The van der Waals surface area contributed by atoms with Crippen LogP contribution in [-0.4, -0.2) is 140 Å². The van der Waals surface area contributed by atoms with Gasteiger partial charge in [0.1, 0.15) is 48.8 Å². The average molecular weight is 916 g/mol. The second-order valence-electron chi connectivity index (χ2n) is 18.3. The van der Waals surface area contributed by atoms with Crippen LogP contribution >= 0.6 is 0 Å². The molecule has 12 unspecified atom stereocenters. The van der Waals surface area contributed by atoms with Crippen LogP contribution < -0.4 is 5.32 Å². The van der Waals surface area contributed by atoms with Gasteiger partial charge in [-0.25, -0.2) is 0 Å². The summed E-state index contributed by atoms with van der Waals surface area (Å²) in [6.45, 7) is 2.66. The lowest BCUT2D eigenvalue weighted by molar-refractivity contribution is -0.359. The predicted octanol–water partition coefficient (Wildman–Crippen LogP) is 6.55. The predicted molar refractivity (Wildman–Crippen MR) is 249 cm³/mol. The van der Waals surface area contributed by atoms with Crippen molar-refractivity contribution < 1.29 is 64.6 Å². The molecular formula is C50H93NO13. The molecular weight excluding hydrogens is 823 g/mol. The van der Waals surface area contributed by atoms with Gasteiger partial charge in [0, 0.05) is 6.42 Å². The van der Waals surface area contributed by atoms with Crippen molar-refractivity contribution in [2.45, 2.75) is 267 Å². The number of rotatable bonds is 39. The maximum Gasteiger partial charge on any atom is 0.220 e. The molecule has 376 valence electrons. The van der Waals surface area contributed by atoms with Gasteiger partial charge in [0.15, 0.2) is 12.6 Å². The van der Waals surface area contributed by atoms with Crippen molar-refractivity contribution in [3.63, 3.8) is 0 Å². The minimum absolute atomic E-state index is 0.246. The number of nitrogens with one attached hydrogen (secondary N) is 1. The first-order chi connectivity index (χ1) is 31.1. The highest BCUT2D eigenvalue weighted by Crippen LogP contribution is 2.30. The van der Waals surface area contributed by atoms with Gasteiger partial charge in [0.2, 0.25) is 5.91 Å². The monoisotopic (exact) mass is 916 g/mol. The van der Waals surface area contributed by atoms with Crippen molar-refractivity contribution >= 4 is 5.91 Å². The fourth-order valence-electron chi connectivity index (χ4n) is 8.40. The lowest BCUT2D eigenvalue weighted by atomic mass is 9.97. The van der Waals surface area contributed by atoms with E-state index in [0.29, 0.717) is 6.42 Å². The zero-order valence-corrected chi connectivity index (χ0v) is 39.8. The zero-order valence-electron chi connectivity index (χ0n) is 39.8. The number of amides is 1. The third-order valence-corrected chi connectivity index (χ3v) is 12.6. The first kappa shape index (κ1) is 58.6. The van der Waals surface area contributed by atoms with Gasteiger partial charge in [-0.3, -0.25) is 4.79 Å². The summed E-state index contributed by atoms with van der Waals surface area (Å²) in [5, 5.41) is 86.1. The van der Waals surface area contributed by atoms with E-state index in [1.165, 1.54) is 122 Å². The molecule has 1 amide bonds. The smallest absolute Gasteiger partial charge is 0.220 e. The second kappa shape index (κ2) is 37.5. The Morgan fingerprint density at radius 1 is 0.547 bits per heavy atom. The highest BCUT2D eigenvalue weighted by atomic mass is 16.7. The summed E-state index contributed by atoms with van der Waals surface area (Å²) in [4.78, 5) is 13.1. The number of unbranched alkanes of at least 4 members (excludes halogenated alkanes) is 24. The van der Waals surface area contributed by atoms with Crippen LogP contribution in [0.5, 0.6) is 0 Å². The molecule has 0 aliphatic carbocycles. The molecule has 0 aromatic carbocycles. The van der Waals surface area contributed by atoms with Crippen LogP contribution in [0.15, 0.2) is 24.3 Å². The molecule has 0 spiro atoms. The molecule has 0 aromatic rings. The summed E-state index contributed by atoms with van der Waals surface area (Å²) in [5.41, 5.74) is 0. The van der Waals surface area contributed by atoms with E-state index in [-0.39, 0.29) is 18.9 Å². The Bertz CT molecular complexity index is 1170. The molecule has 14 nitrogen and oxygen atoms in total. The molecule has 2 aliphatic rings. The quantitative estimate of drug-likeness (QED) is 0.0236. The summed E-state index contributed by atoms with van der Waals surface area (Å²) < 4.78 is 22.5. The fourth-order valence-corrected chi connectivity index (χ4v) is 8.40. The fraction of sp³-hybridized carbons (Fsp3) is 0.900. The van der Waals surface area contributed by atoms with Gasteiger partial charge in [-0.05, 0) is 44.9 Å².